The molecule has 2 amide bonds. The van der Waals surface area contributed by atoms with Gasteiger partial charge in [0.1, 0.15) is 5.82 Å². The summed E-state index contributed by atoms with van der Waals surface area (Å²) in [5, 5.41) is 6.50. The number of amides is 2. The highest BCUT2D eigenvalue weighted by molar-refractivity contribution is 5.98. The van der Waals surface area contributed by atoms with Crippen LogP contribution in [-0.4, -0.2) is 61.8 Å². The second-order valence-electron chi connectivity index (χ2n) is 7.41. The molecule has 3 aromatic rings. The normalized spacial score (nSPS) is 13.6. The van der Waals surface area contributed by atoms with E-state index in [0.29, 0.717) is 18.9 Å². The molecule has 166 valence electrons. The number of likely N-dealkylation sites (N-methyl/N-ethyl adjacent to an activating group) is 1. The molecule has 0 atom stereocenters. The number of rotatable bonds is 6. The first kappa shape index (κ1) is 21.5. The van der Waals surface area contributed by atoms with E-state index in [1.165, 1.54) is 30.1 Å². The van der Waals surface area contributed by atoms with E-state index in [1.54, 1.807) is 12.1 Å². The van der Waals surface area contributed by atoms with Crippen molar-refractivity contribution in [2.45, 2.75) is 0 Å². The van der Waals surface area contributed by atoms with E-state index < -0.39 is 11.7 Å². The van der Waals surface area contributed by atoms with Gasteiger partial charge in [0.2, 0.25) is 5.91 Å². The maximum atomic E-state index is 13.9. The van der Waals surface area contributed by atoms with Crippen molar-refractivity contribution in [2.24, 2.45) is 0 Å². The number of halogens is 1. The number of aromatic nitrogens is 1. The Kier molecular flexibility index (Phi) is 6.46. The molecule has 1 aliphatic rings. The molecule has 0 unspecified atom stereocenters. The lowest BCUT2D eigenvalue weighted by Crippen LogP contribution is -2.36. The van der Waals surface area contributed by atoms with Gasteiger partial charge in [-0.25, -0.2) is 4.39 Å². The Morgan fingerprint density at radius 2 is 1.84 bits per heavy atom. The van der Waals surface area contributed by atoms with Crippen molar-refractivity contribution in [1.29, 1.82) is 0 Å². The first-order valence-corrected chi connectivity index (χ1v) is 10.2. The van der Waals surface area contributed by atoms with Crippen molar-refractivity contribution in [3.8, 4) is 11.3 Å². The number of benzene rings is 2. The summed E-state index contributed by atoms with van der Waals surface area (Å²) in [6.45, 7) is 2.89. The maximum Gasteiger partial charge on any atom is 0.276 e. The average Bonchev–Trinajstić information content (AvgIpc) is 3.30. The van der Waals surface area contributed by atoms with E-state index in [2.05, 4.69) is 15.4 Å². The lowest BCUT2D eigenvalue weighted by atomic mass is 10.1. The summed E-state index contributed by atoms with van der Waals surface area (Å²) in [7, 11) is 1.49. The molecule has 1 aliphatic heterocycles. The molecule has 1 N–H and O–H groups in total. The number of anilines is 2. The lowest BCUT2D eigenvalue weighted by Gasteiger charge is -2.28. The molecule has 8 nitrogen and oxygen atoms in total. The van der Waals surface area contributed by atoms with Crippen LogP contribution < -0.4 is 10.2 Å². The topological polar surface area (TPSA) is 87.9 Å². The summed E-state index contributed by atoms with van der Waals surface area (Å²) in [4.78, 5) is 28.4. The van der Waals surface area contributed by atoms with Crippen LogP contribution in [0.1, 0.15) is 10.5 Å². The number of hydrogen-bond acceptors (Lipinski definition) is 6. The fraction of sp³-hybridized carbons (Fsp3) is 0.261. The molecule has 0 aliphatic carbocycles. The van der Waals surface area contributed by atoms with Gasteiger partial charge in [0.15, 0.2) is 11.5 Å². The molecule has 4 rings (SSSR count). The van der Waals surface area contributed by atoms with E-state index in [4.69, 9.17) is 9.26 Å². The Hall–Kier alpha value is -3.72. The van der Waals surface area contributed by atoms with Gasteiger partial charge in [-0.1, -0.05) is 17.3 Å². The van der Waals surface area contributed by atoms with Crippen LogP contribution in [0, 0.1) is 5.82 Å². The SMILES string of the molecule is CN(CC(=O)Nc1ccc(N2CCOCC2)cc1)C(=O)c1cc(-c2ccccc2F)on1. The van der Waals surface area contributed by atoms with Gasteiger partial charge in [0.05, 0.1) is 25.3 Å². The Morgan fingerprint density at radius 3 is 2.56 bits per heavy atom. The Labute approximate surface area is 184 Å². The fourth-order valence-electron chi connectivity index (χ4n) is 3.42. The van der Waals surface area contributed by atoms with Crippen LogP contribution in [0.25, 0.3) is 11.3 Å². The van der Waals surface area contributed by atoms with Crippen LogP contribution >= 0.6 is 0 Å². The molecule has 2 heterocycles. The summed E-state index contributed by atoms with van der Waals surface area (Å²) < 4.78 is 24.4. The molecule has 1 saturated heterocycles. The van der Waals surface area contributed by atoms with Crippen molar-refractivity contribution in [2.75, 3.05) is 50.1 Å². The summed E-state index contributed by atoms with van der Waals surface area (Å²) in [5.74, 6) is -1.19. The Balaban J connectivity index is 1.33. The van der Waals surface area contributed by atoms with Crippen LogP contribution in [0.4, 0.5) is 15.8 Å². The summed E-state index contributed by atoms with van der Waals surface area (Å²) in [5.41, 5.74) is 1.90. The monoisotopic (exact) mass is 438 g/mol. The number of morpholine rings is 1. The van der Waals surface area contributed by atoms with Gasteiger partial charge in [0, 0.05) is 37.6 Å². The van der Waals surface area contributed by atoms with Gasteiger partial charge in [-0.2, -0.15) is 0 Å². The van der Waals surface area contributed by atoms with E-state index in [0.717, 1.165) is 18.8 Å². The van der Waals surface area contributed by atoms with Crippen molar-refractivity contribution in [3.05, 3.63) is 66.1 Å². The lowest BCUT2D eigenvalue weighted by molar-refractivity contribution is -0.116. The van der Waals surface area contributed by atoms with Crippen LogP contribution in [-0.2, 0) is 9.53 Å². The molecule has 1 fully saturated rings. The highest BCUT2D eigenvalue weighted by Crippen LogP contribution is 2.23. The van der Waals surface area contributed by atoms with Crippen molar-refractivity contribution in [1.82, 2.24) is 10.1 Å². The minimum Gasteiger partial charge on any atom is -0.378 e. The molecule has 32 heavy (non-hydrogen) atoms. The number of hydrogen-bond donors (Lipinski definition) is 1. The van der Waals surface area contributed by atoms with Crippen LogP contribution in [0.5, 0.6) is 0 Å². The van der Waals surface area contributed by atoms with Crippen LogP contribution in [0.2, 0.25) is 0 Å². The zero-order chi connectivity index (χ0) is 22.5. The fourth-order valence-corrected chi connectivity index (χ4v) is 3.42. The third kappa shape index (κ3) is 4.94. The number of carbonyl (C=O) groups is 2. The third-order valence-electron chi connectivity index (χ3n) is 5.12. The molecule has 9 heteroatoms. The second kappa shape index (κ2) is 9.61. The standard InChI is InChI=1S/C23H23FN4O4/c1-27(23(30)20-14-21(32-26-20)18-4-2-3-5-19(18)24)15-22(29)25-16-6-8-17(9-7-16)28-10-12-31-13-11-28/h2-9,14H,10-13,15H2,1H3,(H,25,29). The molecule has 1 aromatic heterocycles. The van der Waals surface area contributed by atoms with E-state index in [9.17, 15) is 14.0 Å². The van der Waals surface area contributed by atoms with E-state index in [1.807, 2.05) is 24.3 Å². The zero-order valence-electron chi connectivity index (χ0n) is 17.6. The quantitative estimate of drug-likeness (QED) is 0.637. The summed E-state index contributed by atoms with van der Waals surface area (Å²) in [6, 6.07) is 14.9. The smallest absolute Gasteiger partial charge is 0.276 e. The molecular formula is C23H23FN4O4. The number of nitrogens with zero attached hydrogens (tertiary/aromatic N) is 3. The van der Waals surface area contributed by atoms with Crippen molar-refractivity contribution < 1.29 is 23.2 Å². The van der Waals surface area contributed by atoms with Gasteiger partial charge in [-0.3, -0.25) is 9.59 Å². The van der Waals surface area contributed by atoms with Crippen molar-refractivity contribution >= 4 is 23.2 Å². The van der Waals surface area contributed by atoms with Gasteiger partial charge in [0.25, 0.3) is 5.91 Å². The van der Waals surface area contributed by atoms with Crippen LogP contribution in [0.3, 0.4) is 0 Å². The minimum atomic E-state index is -0.505. The molecular weight excluding hydrogens is 415 g/mol. The largest absolute Gasteiger partial charge is 0.378 e. The molecule has 2 aromatic carbocycles. The third-order valence-corrected chi connectivity index (χ3v) is 5.12. The van der Waals surface area contributed by atoms with Gasteiger partial charge in [-0.15, -0.1) is 0 Å². The second-order valence-corrected chi connectivity index (χ2v) is 7.41. The Morgan fingerprint density at radius 1 is 1.12 bits per heavy atom. The van der Waals surface area contributed by atoms with Gasteiger partial charge >= 0.3 is 0 Å². The van der Waals surface area contributed by atoms with Gasteiger partial charge in [-0.05, 0) is 36.4 Å². The molecule has 0 spiro atoms. The zero-order valence-corrected chi connectivity index (χ0v) is 17.6. The number of nitrogens with one attached hydrogen (secondary N) is 1. The maximum absolute atomic E-state index is 13.9. The van der Waals surface area contributed by atoms with Gasteiger partial charge < -0.3 is 24.4 Å². The summed E-state index contributed by atoms with van der Waals surface area (Å²) in [6.07, 6.45) is 0. The first-order chi connectivity index (χ1) is 15.5. The van der Waals surface area contributed by atoms with E-state index >= 15 is 0 Å². The first-order valence-electron chi connectivity index (χ1n) is 10.2. The van der Waals surface area contributed by atoms with E-state index in [-0.39, 0.29) is 29.5 Å². The minimum absolute atomic E-state index is 0.00610. The Bertz CT molecular complexity index is 1090. The molecule has 0 radical (unpaired) electrons. The highest BCUT2D eigenvalue weighted by atomic mass is 19.1. The number of carbonyl (C=O) groups excluding carboxylic acids is 2. The highest BCUT2D eigenvalue weighted by Gasteiger charge is 2.21. The predicted molar refractivity (Wildman–Crippen MR) is 117 cm³/mol. The van der Waals surface area contributed by atoms with Crippen LogP contribution in [0.15, 0.2) is 59.1 Å². The van der Waals surface area contributed by atoms with Crippen molar-refractivity contribution in [3.63, 3.8) is 0 Å². The summed E-state index contributed by atoms with van der Waals surface area (Å²) >= 11 is 0. The molecule has 0 saturated carbocycles. The predicted octanol–water partition coefficient (Wildman–Crippen LogP) is 3.03. The molecule has 0 bridgehead atoms. The average molecular weight is 438 g/mol. The number of ether oxygens (including phenoxy) is 1.